The molecule has 8 rings (SSSR count). The van der Waals surface area contributed by atoms with Gasteiger partial charge in [0.25, 0.3) is 0 Å². The van der Waals surface area contributed by atoms with Crippen LogP contribution < -0.4 is 0 Å². The van der Waals surface area contributed by atoms with E-state index in [1.807, 2.05) is 41.5 Å². The number of allylic oxidation sites excluding steroid dienone is 8. The SMILES string of the molecule is CC(=O)[C@@]1(C)C(C)CC2C3C[C@H](F)C4=CC(=O)C=CC4(C)[C@@]3(F)[C@@H](O)CC21C.CC(=O)[C@@]1(C)C(C)CC2C3C[C@H](F)C4=CC(=O)C=CC4(C)[C@@]3(F)[C@@H](O)CC21C. The summed E-state index contributed by atoms with van der Waals surface area (Å²) >= 11 is 0. The molecule has 308 valence electrons. The number of hydrogen-bond acceptors (Lipinski definition) is 6. The highest BCUT2D eigenvalue weighted by atomic mass is 19.2. The van der Waals surface area contributed by atoms with Gasteiger partial charge in [-0.2, -0.15) is 0 Å². The highest BCUT2D eigenvalue weighted by Crippen LogP contribution is 2.75. The van der Waals surface area contributed by atoms with E-state index in [9.17, 15) is 29.4 Å². The highest BCUT2D eigenvalue weighted by Gasteiger charge is 2.77. The van der Waals surface area contributed by atoms with Crippen LogP contribution in [0.3, 0.4) is 0 Å². The third kappa shape index (κ3) is 4.63. The molecule has 6 saturated carbocycles. The second-order valence-electron chi connectivity index (χ2n) is 20.5. The van der Waals surface area contributed by atoms with Gasteiger partial charge in [-0.25, -0.2) is 17.6 Å². The molecular formula is C46H60F4O6. The molecule has 0 bridgehead atoms. The average Bonchev–Trinajstić information content (AvgIpc) is 3.45. The van der Waals surface area contributed by atoms with Gasteiger partial charge >= 0.3 is 0 Å². The molecule has 0 aromatic rings. The molecule has 10 heteroatoms. The van der Waals surface area contributed by atoms with Crippen molar-refractivity contribution >= 4 is 23.1 Å². The lowest BCUT2D eigenvalue weighted by molar-refractivity contribution is -0.210. The Morgan fingerprint density at radius 3 is 1.23 bits per heavy atom. The number of aliphatic hydroxyl groups excluding tert-OH is 2. The topological polar surface area (TPSA) is 109 Å². The molecule has 56 heavy (non-hydrogen) atoms. The Hall–Kier alpha value is -2.72. The number of Topliss-reactive ketones (excluding diaryl/α,β-unsaturated/α-hetero) is 2. The van der Waals surface area contributed by atoms with E-state index in [0.29, 0.717) is 12.8 Å². The van der Waals surface area contributed by atoms with Crippen LogP contribution >= 0.6 is 0 Å². The molecule has 0 amide bonds. The number of aliphatic hydroxyl groups is 2. The summed E-state index contributed by atoms with van der Waals surface area (Å²) < 4.78 is 64.4. The van der Waals surface area contributed by atoms with Gasteiger partial charge in [-0.15, -0.1) is 0 Å². The van der Waals surface area contributed by atoms with Gasteiger partial charge in [0.1, 0.15) is 23.9 Å². The fourth-order valence-electron chi connectivity index (χ4n) is 15.0. The minimum Gasteiger partial charge on any atom is -0.390 e. The van der Waals surface area contributed by atoms with E-state index in [4.69, 9.17) is 0 Å². The first-order chi connectivity index (χ1) is 25.7. The fourth-order valence-corrected chi connectivity index (χ4v) is 15.0. The highest BCUT2D eigenvalue weighted by molar-refractivity contribution is 6.02. The van der Waals surface area contributed by atoms with Gasteiger partial charge < -0.3 is 10.2 Å². The molecule has 2 N–H and O–H groups in total. The Bertz CT molecular complexity index is 1770. The van der Waals surface area contributed by atoms with E-state index in [1.165, 1.54) is 36.5 Å². The minimum atomic E-state index is -2.06. The van der Waals surface area contributed by atoms with Gasteiger partial charge in [0, 0.05) is 33.5 Å². The second-order valence-corrected chi connectivity index (χ2v) is 20.5. The van der Waals surface area contributed by atoms with Gasteiger partial charge in [0.15, 0.2) is 22.9 Å². The van der Waals surface area contributed by atoms with Gasteiger partial charge in [0.05, 0.1) is 12.2 Å². The van der Waals surface area contributed by atoms with E-state index >= 15 is 17.6 Å². The first-order valence-corrected chi connectivity index (χ1v) is 20.6. The molecule has 6 nitrogen and oxygen atoms in total. The molecule has 0 radical (unpaired) electrons. The number of hydrogen-bond donors (Lipinski definition) is 2. The molecule has 10 unspecified atom stereocenters. The lowest BCUT2D eigenvalue weighted by Gasteiger charge is -2.63. The lowest BCUT2D eigenvalue weighted by Crippen LogP contribution is -2.69. The molecule has 0 spiro atoms. The summed E-state index contributed by atoms with van der Waals surface area (Å²) in [5.41, 5.74) is -9.11. The predicted molar refractivity (Wildman–Crippen MR) is 204 cm³/mol. The largest absolute Gasteiger partial charge is 0.390 e. The fraction of sp³-hybridized carbons (Fsp3) is 0.739. The number of halogens is 4. The molecule has 0 aromatic heterocycles. The van der Waals surface area contributed by atoms with Crippen LogP contribution in [0.2, 0.25) is 0 Å². The second kappa shape index (κ2) is 12.4. The molecule has 8 aliphatic carbocycles. The van der Waals surface area contributed by atoms with Crippen LogP contribution in [-0.4, -0.2) is 69.2 Å². The molecule has 8 aliphatic rings. The molecule has 18 atom stereocenters. The van der Waals surface area contributed by atoms with Crippen molar-refractivity contribution in [1.29, 1.82) is 0 Å². The van der Waals surface area contributed by atoms with E-state index in [-0.39, 0.29) is 83.6 Å². The number of ketones is 4. The molecular weight excluding hydrogens is 724 g/mol. The molecule has 0 aliphatic heterocycles. The maximum absolute atomic E-state index is 16.9. The third-order valence-corrected chi connectivity index (χ3v) is 19.1. The first-order valence-electron chi connectivity index (χ1n) is 20.6. The lowest BCUT2D eigenvalue weighted by atomic mass is 9.43. The quantitative estimate of drug-likeness (QED) is 0.273. The standard InChI is InChI=1S/2C23H30F2O3/c2*1-12-8-15-16-10-18(24)17-9-14(27)6-7-20(17,3)23(16,25)19(28)11-21(15,4)22(12,5)13(2)26/h2*6-7,9,12,15-16,18-19,28H,8,10-11H2,1-5H3/t2*12?,15?,16?,18-,19-,20?,21?,22+,23-/m00/s1. The van der Waals surface area contributed by atoms with Gasteiger partial charge in [-0.3, -0.25) is 19.2 Å². The van der Waals surface area contributed by atoms with Gasteiger partial charge in [-0.05, 0) is 136 Å². The van der Waals surface area contributed by atoms with Crippen molar-refractivity contribution in [2.24, 2.45) is 68.0 Å². The zero-order valence-corrected chi connectivity index (χ0v) is 34.5. The Kier molecular flexibility index (Phi) is 9.18. The van der Waals surface area contributed by atoms with Crippen molar-refractivity contribution in [3.63, 3.8) is 0 Å². The first kappa shape index (κ1) is 41.4. The summed E-state index contributed by atoms with van der Waals surface area (Å²) in [4.78, 5) is 49.0. The van der Waals surface area contributed by atoms with Crippen LogP contribution in [0.4, 0.5) is 17.6 Å². The van der Waals surface area contributed by atoms with Crippen LogP contribution in [-0.2, 0) is 19.2 Å². The maximum atomic E-state index is 16.9. The van der Waals surface area contributed by atoms with Crippen LogP contribution in [0.5, 0.6) is 0 Å². The summed E-state index contributed by atoms with van der Waals surface area (Å²) in [5, 5.41) is 22.4. The molecule has 6 fully saturated rings. The summed E-state index contributed by atoms with van der Waals surface area (Å²) in [5.74, 6) is -2.35. The average molecular weight is 785 g/mol. The van der Waals surface area contributed by atoms with Gasteiger partial charge in [0.2, 0.25) is 0 Å². The summed E-state index contributed by atoms with van der Waals surface area (Å²) in [6.45, 7) is 18.2. The van der Waals surface area contributed by atoms with Gasteiger partial charge in [-0.1, -0.05) is 53.7 Å². The van der Waals surface area contributed by atoms with E-state index < -0.39 is 80.2 Å². The summed E-state index contributed by atoms with van der Waals surface area (Å²) in [7, 11) is 0. The molecule has 0 aromatic carbocycles. The van der Waals surface area contributed by atoms with Crippen molar-refractivity contribution in [3.8, 4) is 0 Å². The van der Waals surface area contributed by atoms with Crippen molar-refractivity contribution in [2.75, 3.05) is 0 Å². The van der Waals surface area contributed by atoms with Crippen LogP contribution in [0, 0.1) is 68.0 Å². The van der Waals surface area contributed by atoms with Crippen LogP contribution in [0.1, 0.15) is 108 Å². The Morgan fingerprint density at radius 2 is 0.929 bits per heavy atom. The summed E-state index contributed by atoms with van der Waals surface area (Å²) in [6.07, 6.45) is 3.86. The molecule has 0 heterocycles. The summed E-state index contributed by atoms with van der Waals surface area (Å²) in [6, 6.07) is 0. The Balaban J connectivity index is 0.000000172. The maximum Gasteiger partial charge on any atom is 0.178 e. The van der Waals surface area contributed by atoms with E-state index in [2.05, 4.69) is 0 Å². The Morgan fingerprint density at radius 1 is 0.607 bits per heavy atom. The van der Waals surface area contributed by atoms with Crippen molar-refractivity contribution in [2.45, 2.75) is 144 Å². The van der Waals surface area contributed by atoms with Crippen molar-refractivity contribution < 1.29 is 47.0 Å². The smallest absolute Gasteiger partial charge is 0.178 e. The monoisotopic (exact) mass is 784 g/mol. The van der Waals surface area contributed by atoms with Crippen molar-refractivity contribution in [1.82, 2.24) is 0 Å². The van der Waals surface area contributed by atoms with Crippen LogP contribution in [0.25, 0.3) is 0 Å². The zero-order valence-electron chi connectivity index (χ0n) is 34.5. The number of rotatable bonds is 2. The van der Waals surface area contributed by atoms with E-state index in [1.54, 1.807) is 27.7 Å². The zero-order chi connectivity index (χ0) is 41.7. The normalized spacial score (nSPS) is 55.2. The number of carbonyl (C=O) groups is 4. The number of carbonyl (C=O) groups excluding carboxylic acids is 4. The molecule has 0 saturated heterocycles. The number of fused-ring (bicyclic) bond motifs is 10. The third-order valence-electron chi connectivity index (χ3n) is 19.1. The van der Waals surface area contributed by atoms with E-state index in [0.717, 1.165) is 0 Å². The van der Waals surface area contributed by atoms with Crippen molar-refractivity contribution in [3.05, 3.63) is 47.6 Å². The Labute approximate surface area is 328 Å². The van der Waals surface area contributed by atoms with Crippen LogP contribution in [0.15, 0.2) is 47.6 Å². The number of alkyl halides is 4. The minimum absolute atomic E-state index is 0.0285. The predicted octanol–water partition coefficient (Wildman–Crippen LogP) is 8.29.